The van der Waals surface area contributed by atoms with Crippen molar-refractivity contribution < 1.29 is 14.3 Å². The van der Waals surface area contributed by atoms with E-state index in [1.807, 2.05) is 32.0 Å². The number of nitrogens with one attached hydrogen (secondary N) is 2. The summed E-state index contributed by atoms with van der Waals surface area (Å²) in [4.78, 5) is 24.4. The fourth-order valence-corrected chi connectivity index (χ4v) is 2.77. The van der Waals surface area contributed by atoms with E-state index in [2.05, 4.69) is 20.7 Å². The molecule has 2 N–H and O–H groups in total. The van der Waals surface area contributed by atoms with Crippen LogP contribution in [-0.2, 0) is 0 Å². The summed E-state index contributed by atoms with van der Waals surface area (Å²) in [5, 5.41) is 11.1. The highest BCUT2D eigenvalue weighted by atomic mass is 16.5. The van der Waals surface area contributed by atoms with Crippen molar-refractivity contribution >= 4 is 22.9 Å². The number of carbonyl (C=O) groups is 1. The van der Waals surface area contributed by atoms with Crippen LogP contribution in [0.2, 0.25) is 0 Å². The number of ether oxygens (including phenoxy) is 2. The molecule has 156 valence electrons. The van der Waals surface area contributed by atoms with Crippen molar-refractivity contribution in [2.24, 2.45) is 5.10 Å². The molecule has 0 bridgehead atoms. The van der Waals surface area contributed by atoms with E-state index in [1.54, 1.807) is 24.3 Å². The Balaban J connectivity index is 1.78. The Bertz CT molecular complexity index is 1110. The fourth-order valence-electron chi connectivity index (χ4n) is 2.77. The first-order valence-corrected chi connectivity index (χ1v) is 9.84. The van der Waals surface area contributed by atoms with Gasteiger partial charge in [0.05, 0.1) is 24.8 Å². The lowest BCUT2D eigenvalue weighted by Crippen LogP contribution is -2.22. The van der Waals surface area contributed by atoms with Crippen LogP contribution < -0.4 is 20.5 Å². The zero-order chi connectivity index (χ0) is 21.3. The highest BCUT2D eigenvalue weighted by Gasteiger charge is 2.13. The van der Waals surface area contributed by atoms with Gasteiger partial charge in [0.1, 0.15) is 11.5 Å². The summed E-state index contributed by atoms with van der Waals surface area (Å²) < 4.78 is 11.4. The summed E-state index contributed by atoms with van der Waals surface area (Å²) in [6, 6.07) is 12.2. The molecule has 30 heavy (non-hydrogen) atoms. The van der Waals surface area contributed by atoms with Gasteiger partial charge in [0.25, 0.3) is 11.5 Å². The fraction of sp³-hybridized carbons (Fsp3) is 0.273. The number of rotatable bonds is 9. The summed E-state index contributed by atoms with van der Waals surface area (Å²) in [7, 11) is 0. The van der Waals surface area contributed by atoms with Gasteiger partial charge in [0.15, 0.2) is 5.69 Å². The van der Waals surface area contributed by atoms with Crippen molar-refractivity contribution in [3.63, 3.8) is 0 Å². The molecule has 0 aliphatic heterocycles. The molecule has 3 aromatic rings. The summed E-state index contributed by atoms with van der Waals surface area (Å²) in [6.45, 7) is 5.24. The van der Waals surface area contributed by atoms with Gasteiger partial charge < -0.3 is 9.47 Å². The van der Waals surface area contributed by atoms with Crippen LogP contribution in [0.1, 0.15) is 42.7 Å². The van der Waals surface area contributed by atoms with Gasteiger partial charge in [-0.2, -0.15) is 10.2 Å². The smallest absolute Gasteiger partial charge is 0.292 e. The minimum Gasteiger partial charge on any atom is -0.493 e. The van der Waals surface area contributed by atoms with Gasteiger partial charge in [-0.25, -0.2) is 10.5 Å². The summed E-state index contributed by atoms with van der Waals surface area (Å²) >= 11 is 0. The maximum absolute atomic E-state index is 12.5. The zero-order valence-electron chi connectivity index (χ0n) is 17.0. The van der Waals surface area contributed by atoms with Gasteiger partial charge in [-0.3, -0.25) is 9.59 Å². The molecule has 0 aliphatic rings. The lowest BCUT2D eigenvalue weighted by Gasteiger charge is -2.11. The first-order valence-electron chi connectivity index (χ1n) is 9.84. The molecule has 1 amide bonds. The standard InChI is InChI=1S/C22H24N4O4/c1-3-11-29-16-10-9-15(19(13-16)30-12-4-2)14-23-25-22(28)20-17-7-5-6-8-18(17)21(27)26-24-20/h5-10,13-14H,3-4,11-12H2,1-2H3,(H,25,28)(H,26,27)/b23-14-. The van der Waals surface area contributed by atoms with Crippen molar-refractivity contribution in [2.75, 3.05) is 13.2 Å². The van der Waals surface area contributed by atoms with Crippen molar-refractivity contribution in [1.29, 1.82) is 0 Å². The quantitative estimate of drug-likeness (QED) is 0.418. The van der Waals surface area contributed by atoms with Gasteiger partial charge in [-0.15, -0.1) is 0 Å². The summed E-state index contributed by atoms with van der Waals surface area (Å²) in [6.07, 6.45) is 3.27. The number of nitrogens with zero attached hydrogens (tertiary/aromatic N) is 2. The Hall–Kier alpha value is -3.68. The van der Waals surface area contributed by atoms with E-state index in [0.29, 0.717) is 41.0 Å². The van der Waals surface area contributed by atoms with Crippen LogP contribution in [0.15, 0.2) is 52.4 Å². The van der Waals surface area contributed by atoms with Crippen LogP contribution >= 0.6 is 0 Å². The first-order chi connectivity index (χ1) is 14.6. The van der Waals surface area contributed by atoms with Gasteiger partial charge >= 0.3 is 0 Å². The normalized spacial score (nSPS) is 11.0. The lowest BCUT2D eigenvalue weighted by atomic mass is 10.1. The van der Waals surface area contributed by atoms with Gasteiger partial charge in [-0.1, -0.05) is 32.0 Å². The molecule has 8 nitrogen and oxygen atoms in total. The third-order valence-electron chi connectivity index (χ3n) is 4.20. The Kier molecular flexibility index (Phi) is 7.15. The first kappa shape index (κ1) is 21.0. The van der Waals surface area contributed by atoms with Crippen molar-refractivity contribution in [3.05, 3.63) is 64.1 Å². The second-order valence-electron chi connectivity index (χ2n) is 6.54. The maximum Gasteiger partial charge on any atom is 0.292 e. The van der Waals surface area contributed by atoms with Gasteiger partial charge in [-0.05, 0) is 31.0 Å². The van der Waals surface area contributed by atoms with E-state index in [9.17, 15) is 9.59 Å². The molecule has 8 heteroatoms. The number of H-pyrrole nitrogens is 1. The molecule has 2 aromatic carbocycles. The number of hydrogen-bond acceptors (Lipinski definition) is 6. The highest BCUT2D eigenvalue weighted by Crippen LogP contribution is 2.24. The Morgan fingerprint density at radius 3 is 2.60 bits per heavy atom. The Morgan fingerprint density at radius 2 is 1.83 bits per heavy atom. The van der Waals surface area contributed by atoms with Crippen molar-refractivity contribution in [1.82, 2.24) is 15.6 Å². The minimum atomic E-state index is -0.530. The molecule has 1 heterocycles. The average Bonchev–Trinajstić information content (AvgIpc) is 2.77. The van der Waals surface area contributed by atoms with Crippen molar-refractivity contribution in [3.8, 4) is 11.5 Å². The van der Waals surface area contributed by atoms with Crippen LogP contribution in [-0.4, -0.2) is 35.5 Å². The molecule has 0 radical (unpaired) electrons. The molecular formula is C22H24N4O4. The van der Waals surface area contributed by atoms with Crippen LogP contribution in [0.25, 0.3) is 10.8 Å². The SMILES string of the molecule is CCCOc1ccc(/C=N\NC(=O)c2n[nH]c(=O)c3ccccc23)c(OCCC)c1. The second-order valence-corrected chi connectivity index (χ2v) is 6.54. The third-order valence-corrected chi connectivity index (χ3v) is 4.20. The molecule has 0 saturated carbocycles. The number of benzene rings is 2. The highest BCUT2D eigenvalue weighted by molar-refractivity contribution is 6.04. The predicted molar refractivity (Wildman–Crippen MR) is 115 cm³/mol. The number of carbonyl (C=O) groups excluding carboxylic acids is 1. The van der Waals surface area contributed by atoms with Crippen LogP contribution in [0.4, 0.5) is 0 Å². The molecule has 0 unspecified atom stereocenters. The van der Waals surface area contributed by atoms with E-state index in [-0.39, 0.29) is 11.3 Å². The third kappa shape index (κ3) is 5.02. The number of aromatic nitrogens is 2. The Morgan fingerprint density at radius 1 is 1.10 bits per heavy atom. The average molecular weight is 408 g/mol. The predicted octanol–water partition coefficient (Wildman–Crippen LogP) is 3.26. The number of aromatic amines is 1. The molecule has 0 saturated heterocycles. The minimum absolute atomic E-state index is 0.0909. The van der Waals surface area contributed by atoms with E-state index in [1.165, 1.54) is 6.21 Å². The van der Waals surface area contributed by atoms with E-state index in [0.717, 1.165) is 12.8 Å². The maximum atomic E-state index is 12.5. The number of amides is 1. The number of fused-ring (bicyclic) bond motifs is 1. The topological polar surface area (TPSA) is 106 Å². The second kappa shape index (κ2) is 10.2. The van der Waals surface area contributed by atoms with Crippen molar-refractivity contribution in [2.45, 2.75) is 26.7 Å². The Labute approximate surface area is 173 Å². The molecule has 3 rings (SSSR count). The van der Waals surface area contributed by atoms with Gasteiger partial charge in [0.2, 0.25) is 0 Å². The summed E-state index contributed by atoms with van der Waals surface area (Å²) in [5.74, 6) is 0.807. The van der Waals surface area contributed by atoms with Crippen LogP contribution in [0, 0.1) is 0 Å². The van der Waals surface area contributed by atoms with E-state index in [4.69, 9.17) is 9.47 Å². The molecule has 1 aromatic heterocycles. The summed E-state index contributed by atoms with van der Waals surface area (Å²) in [5.41, 5.74) is 2.89. The van der Waals surface area contributed by atoms with Crippen LogP contribution in [0.5, 0.6) is 11.5 Å². The zero-order valence-corrected chi connectivity index (χ0v) is 17.0. The van der Waals surface area contributed by atoms with E-state index < -0.39 is 5.91 Å². The number of hydrazone groups is 1. The number of hydrogen-bond donors (Lipinski definition) is 2. The molecule has 0 spiro atoms. The molecule has 0 atom stereocenters. The van der Waals surface area contributed by atoms with Crippen LogP contribution in [0.3, 0.4) is 0 Å². The molecule has 0 fully saturated rings. The van der Waals surface area contributed by atoms with E-state index >= 15 is 0 Å². The largest absolute Gasteiger partial charge is 0.493 e. The van der Waals surface area contributed by atoms with Gasteiger partial charge in [0, 0.05) is 17.0 Å². The lowest BCUT2D eigenvalue weighted by molar-refractivity contribution is 0.0951. The molecule has 0 aliphatic carbocycles. The molecular weight excluding hydrogens is 384 g/mol. The monoisotopic (exact) mass is 408 g/mol.